The van der Waals surface area contributed by atoms with E-state index < -0.39 is 0 Å². The summed E-state index contributed by atoms with van der Waals surface area (Å²) in [5, 5.41) is 6.03. The Labute approximate surface area is 131 Å². The molecule has 1 amide bonds. The van der Waals surface area contributed by atoms with Gasteiger partial charge in [-0.05, 0) is 61.9 Å². The molecule has 0 saturated carbocycles. The van der Waals surface area contributed by atoms with Gasteiger partial charge < -0.3 is 10.6 Å². The fraction of sp³-hybridized carbons (Fsp3) is 0.500. The van der Waals surface area contributed by atoms with Crippen LogP contribution in [0.15, 0.2) is 27.1 Å². The van der Waals surface area contributed by atoms with Crippen LogP contribution in [0.1, 0.15) is 25.8 Å². The minimum Gasteiger partial charge on any atom is -0.358 e. The van der Waals surface area contributed by atoms with Gasteiger partial charge in [-0.2, -0.15) is 0 Å². The molecule has 0 bridgehead atoms. The van der Waals surface area contributed by atoms with E-state index in [2.05, 4.69) is 56.3 Å². The molecular weight excluding hydrogens is 372 g/mol. The maximum Gasteiger partial charge on any atom is 0.236 e. The van der Waals surface area contributed by atoms with Crippen LogP contribution in [0.4, 0.5) is 0 Å². The van der Waals surface area contributed by atoms with E-state index in [1.807, 2.05) is 18.2 Å². The van der Waals surface area contributed by atoms with Crippen molar-refractivity contribution >= 4 is 37.8 Å². The second-order valence-electron chi connectivity index (χ2n) is 4.93. The molecule has 0 radical (unpaired) electrons. The summed E-state index contributed by atoms with van der Waals surface area (Å²) in [6, 6.07) is 5.94. The van der Waals surface area contributed by atoms with Crippen molar-refractivity contribution in [1.82, 2.24) is 10.6 Å². The lowest BCUT2D eigenvalue weighted by molar-refractivity contribution is -0.123. The molecule has 1 aromatic rings. The Kier molecular flexibility index (Phi) is 7.04. The van der Waals surface area contributed by atoms with Crippen molar-refractivity contribution in [2.75, 3.05) is 7.05 Å². The number of halogens is 2. The largest absolute Gasteiger partial charge is 0.358 e. The molecule has 0 spiro atoms. The van der Waals surface area contributed by atoms with Crippen molar-refractivity contribution in [3.05, 3.63) is 32.7 Å². The number of carbonyl (C=O) groups excluding carboxylic acids is 1. The van der Waals surface area contributed by atoms with E-state index in [1.165, 1.54) is 0 Å². The molecule has 3 nitrogen and oxygen atoms in total. The number of benzene rings is 1. The molecule has 106 valence electrons. The van der Waals surface area contributed by atoms with Crippen LogP contribution >= 0.6 is 31.9 Å². The quantitative estimate of drug-likeness (QED) is 0.779. The first-order valence-electron chi connectivity index (χ1n) is 6.33. The van der Waals surface area contributed by atoms with Gasteiger partial charge in [-0.25, -0.2) is 0 Å². The fourth-order valence-corrected chi connectivity index (χ4v) is 2.49. The third-order valence-electron chi connectivity index (χ3n) is 2.81. The first-order chi connectivity index (χ1) is 8.93. The zero-order valence-electron chi connectivity index (χ0n) is 11.5. The molecule has 5 heteroatoms. The average molecular weight is 392 g/mol. The summed E-state index contributed by atoms with van der Waals surface area (Å²) in [6.07, 6.45) is 0.831. The summed E-state index contributed by atoms with van der Waals surface area (Å²) < 4.78 is 2.05. The van der Waals surface area contributed by atoms with Crippen molar-refractivity contribution in [3.63, 3.8) is 0 Å². The van der Waals surface area contributed by atoms with Crippen LogP contribution in [0.25, 0.3) is 0 Å². The van der Waals surface area contributed by atoms with Crippen LogP contribution in [0.3, 0.4) is 0 Å². The lowest BCUT2D eigenvalue weighted by atomic mass is 10.0. The summed E-state index contributed by atoms with van der Waals surface area (Å²) in [5.74, 6) is 0.524. The molecule has 0 aliphatic heterocycles. The molecule has 1 atom stereocenters. The van der Waals surface area contributed by atoms with Gasteiger partial charge in [-0.1, -0.05) is 19.9 Å². The Balaban J connectivity index is 2.64. The van der Waals surface area contributed by atoms with E-state index in [9.17, 15) is 4.79 Å². The van der Waals surface area contributed by atoms with E-state index in [0.717, 1.165) is 20.9 Å². The van der Waals surface area contributed by atoms with Crippen LogP contribution in [0.2, 0.25) is 0 Å². The van der Waals surface area contributed by atoms with Gasteiger partial charge in [0.05, 0.1) is 6.04 Å². The normalized spacial score (nSPS) is 12.5. The molecular formula is C14H20Br2N2O. The van der Waals surface area contributed by atoms with Gasteiger partial charge in [0.25, 0.3) is 0 Å². The second kappa shape index (κ2) is 8.02. The van der Waals surface area contributed by atoms with Crippen LogP contribution in [0.5, 0.6) is 0 Å². The highest BCUT2D eigenvalue weighted by molar-refractivity contribution is 9.13. The van der Waals surface area contributed by atoms with Crippen LogP contribution in [-0.2, 0) is 11.3 Å². The van der Waals surface area contributed by atoms with Gasteiger partial charge in [0.2, 0.25) is 5.91 Å². The van der Waals surface area contributed by atoms with Crippen LogP contribution in [-0.4, -0.2) is 19.0 Å². The lowest BCUT2D eigenvalue weighted by Crippen LogP contribution is -2.43. The summed E-state index contributed by atoms with van der Waals surface area (Å²) in [7, 11) is 1.67. The Morgan fingerprint density at radius 3 is 2.47 bits per heavy atom. The van der Waals surface area contributed by atoms with Crippen molar-refractivity contribution < 1.29 is 4.79 Å². The fourth-order valence-electron chi connectivity index (χ4n) is 1.82. The molecule has 0 aliphatic carbocycles. The molecule has 0 heterocycles. The number of carbonyl (C=O) groups is 1. The lowest BCUT2D eigenvalue weighted by Gasteiger charge is -2.19. The predicted molar refractivity (Wildman–Crippen MR) is 86.0 cm³/mol. The highest BCUT2D eigenvalue weighted by Crippen LogP contribution is 2.23. The predicted octanol–water partition coefficient (Wildman–Crippen LogP) is 3.46. The van der Waals surface area contributed by atoms with E-state index in [0.29, 0.717) is 12.5 Å². The monoisotopic (exact) mass is 390 g/mol. The maximum absolute atomic E-state index is 11.8. The number of amides is 1. The van der Waals surface area contributed by atoms with Crippen molar-refractivity contribution in [2.24, 2.45) is 5.92 Å². The van der Waals surface area contributed by atoms with Gasteiger partial charge in [-0.3, -0.25) is 4.79 Å². The zero-order valence-corrected chi connectivity index (χ0v) is 14.6. The number of hydrogen-bond donors (Lipinski definition) is 2. The minimum atomic E-state index is -0.146. The van der Waals surface area contributed by atoms with Crippen LogP contribution in [0, 0.1) is 5.92 Å². The van der Waals surface area contributed by atoms with E-state index in [-0.39, 0.29) is 11.9 Å². The highest BCUT2D eigenvalue weighted by Gasteiger charge is 2.17. The maximum atomic E-state index is 11.8. The third-order valence-corrected chi connectivity index (χ3v) is 4.69. The van der Waals surface area contributed by atoms with Gasteiger partial charge in [0.1, 0.15) is 0 Å². The molecule has 19 heavy (non-hydrogen) atoms. The number of nitrogens with one attached hydrogen (secondary N) is 2. The molecule has 0 saturated heterocycles. The Morgan fingerprint density at radius 1 is 1.26 bits per heavy atom. The second-order valence-corrected chi connectivity index (χ2v) is 6.63. The number of hydrogen-bond acceptors (Lipinski definition) is 2. The topological polar surface area (TPSA) is 41.1 Å². The SMILES string of the molecule is CNC(=O)C(CC(C)C)NCc1ccc(Br)c(Br)c1. The number of likely N-dealkylation sites (N-methyl/N-ethyl adjacent to an activating group) is 1. The van der Waals surface area contributed by atoms with Crippen LogP contribution < -0.4 is 10.6 Å². The van der Waals surface area contributed by atoms with Crippen molar-refractivity contribution in [1.29, 1.82) is 0 Å². The summed E-state index contributed by atoms with van der Waals surface area (Å²) in [4.78, 5) is 11.8. The first kappa shape index (κ1) is 16.7. The average Bonchev–Trinajstić information content (AvgIpc) is 2.37. The summed E-state index contributed by atoms with van der Waals surface area (Å²) in [6.45, 7) is 4.92. The Morgan fingerprint density at radius 2 is 1.95 bits per heavy atom. The van der Waals surface area contributed by atoms with Crippen molar-refractivity contribution in [2.45, 2.75) is 32.9 Å². The Hall–Kier alpha value is -0.390. The summed E-state index contributed by atoms with van der Waals surface area (Å²) in [5.41, 5.74) is 1.15. The van der Waals surface area contributed by atoms with E-state index >= 15 is 0 Å². The number of rotatable bonds is 6. The van der Waals surface area contributed by atoms with E-state index in [4.69, 9.17) is 0 Å². The molecule has 1 rings (SSSR count). The minimum absolute atomic E-state index is 0.0462. The van der Waals surface area contributed by atoms with Gasteiger partial charge in [0.15, 0.2) is 0 Å². The molecule has 0 aliphatic rings. The summed E-state index contributed by atoms with van der Waals surface area (Å²) >= 11 is 6.93. The standard InChI is InChI=1S/C14H20Br2N2O/c1-9(2)6-13(14(19)17-3)18-8-10-4-5-11(15)12(16)7-10/h4-5,7,9,13,18H,6,8H2,1-3H3,(H,17,19). The third kappa shape index (κ3) is 5.63. The van der Waals surface area contributed by atoms with Gasteiger partial charge in [-0.15, -0.1) is 0 Å². The van der Waals surface area contributed by atoms with Gasteiger partial charge in [0, 0.05) is 22.5 Å². The molecule has 1 unspecified atom stereocenters. The molecule has 1 aromatic carbocycles. The van der Waals surface area contributed by atoms with Gasteiger partial charge >= 0.3 is 0 Å². The smallest absolute Gasteiger partial charge is 0.236 e. The molecule has 0 fully saturated rings. The Bertz CT molecular complexity index is 435. The molecule has 0 aromatic heterocycles. The van der Waals surface area contributed by atoms with E-state index in [1.54, 1.807) is 7.05 Å². The zero-order chi connectivity index (χ0) is 14.4. The van der Waals surface area contributed by atoms with Crippen molar-refractivity contribution in [3.8, 4) is 0 Å². The molecule has 2 N–H and O–H groups in total. The first-order valence-corrected chi connectivity index (χ1v) is 7.91. The highest BCUT2D eigenvalue weighted by atomic mass is 79.9.